The molecule has 6 heteroatoms. The first kappa shape index (κ1) is 13.5. The van der Waals surface area contributed by atoms with Gasteiger partial charge in [-0.2, -0.15) is 0 Å². The van der Waals surface area contributed by atoms with Crippen molar-refractivity contribution in [3.63, 3.8) is 0 Å². The fourth-order valence-electron chi connectivity index (χ4n) is 1.55. The van der Waals surface area contributed by atoms with Gasteiger partial charge in [0.2, 0.25) is 0 Å². The number of methoxy groups -OCH3 is 1. The lowest BCUT2D eigenvalue weighted by Gasteiger charge is -2.09. The molecule has 0 saturated carbocycles. The van der Waals surface area contributed by atoms with Crippen molar-refractivity contribution in [3.05, 3.63) is 48.5 Å². The Morgan fingerprint density at radius 1 is 1.11 bits per heavy atom. The predicted molar refractivity (Wildman–Crippen MR) is 75.6 cm³/mol. The highest BCUT2D eigenvalue weighted by Crippen LogP contribution is 2.18. The molecule has 2 radical (unpaired) electrons. The van der Waals surface area contributed by atoms with Gasteiger partial charge in [-0.15, -0.1) is 0 Å². The molecule has 4 nitrogen and oxygen atoms in total. The first-order valence-electron chi connectivity index (χ1n) is 5.54. The second-order valence-corrected chi connectivity index (χ2v) is 5.59. The third kappa shape index (κ3) is 3.29. The Morgan fingerprint density at radius 2 is 1.79 bits per heavy atom. The van der Waals surface area contributed by atoms with E-state index in [-0.39, 0.29) is 4.90 Å². The van der Waals surface area contributed by atoms with Gasteiger partial charge in [-0.1, -0.05) is 17.6 Å². The van der Waals surface area contributed by atoms with E-state index in [9.17, 15) is 8.42 Å². The standard InChI is InChI=1S/C13H12BNO3S/c1-18-12-7-5-11(6-8-12)15-19(16,17)13-4-2-3-10(14)9-13/h2-9,15H,1H3. The van der Waals surface area contributed by atoms with Crippen LogP contribution in [0.1, 0.15) is 0 Å². The fourth-order valence-corrected chi connectivity index (χ4v) is 2.67. The highest BCUT2D eigenvalue weighted by molar-refractivity contribution is 7.92. The SMILES string of the molecule is [B]c1cccc(S(=O)(=O)Nc2ccc(OC)cc2)c1. The molecule has 0 fully saturated rings. The summed E-state index contributed by atoms with van der Waals surface area (Å²) in [5, 5.41) is 0. The van der Waals surface area contributed by atoms with Crippen LogP contribution in [0.3, 0.4) is 0 Å². The Morgan fingerprint density at radius 3 is 2.37 bits per heavy atom. The van der Waals surface area contributed by atoms with E-state index in [4.69, 9.17) is 12.6 Å². The number of benzene rings is 2. The monoisotopic (exact) mass is 273 g/mol. The molecular weight excluding hydrogens is 261 g/mol. The van der Waals surface area contributed by atoms with E-state index >= 15 is 0 Å². The summed E-state index contributed by atoms with van der Waals surface area (Å²) in [6.07, 6.45) is 0. The van der Waals surface area contributed by atoms with Gasteiger partial charge in [0.05, 0.1) is 12.0 Å². The number of hydrogen-bond donors (Lipinski definition) is 1. The van der Waals surface area contributed by atoms with Gasteiger partial charge in [0.15, 0.2) is 0 Å². The molecule has 0 aromatic heterocycles. The molecular formula is C13H12BNO3S. The van der Waals surface area contributed by atoms with Crippen LogP contribution in [0.2, 0.25) is 0 Å². The van der Waals surface area contributed by atoms with Gasteiger partial charge in [0.25, 0.3) is 10.0 Å². The number of hydrogen-bond acceptors (Lipinski definition) is 3. The first-order valence-corrected chi connectivity index (χ1v) is 7.02. The van der Waals surface area contributed by atoms with E-state index in [0.29, 0.717) is 16.9 Å². The largest absolute Gasteiger partial charge is 0.497 e. The lowest BCUT2D eigenvalue weighted by Crippen LogP contribution is -2.15. The summed E-state index contributed by atoms with van der Waals surface area (Å²) in [7, 11) is 3.50. The molecule has 0 spiro atoms. The minimum absolute atomic E-state index is 0.128. The maximum Gasteiger partial charge on any atom is 0.261 e. The van der Waals surface area contributed by atoms with Crippen LogP contribution in [0, 0.1) is 0 Å². The Kier molecular flexibility index (Phi) is 3.80. The van der Waals surface area contributed by atoms with Crippen molar-refractivity contribution in [3.8, 4) is 5.75 Å². The molecule has 19 heavy (non-hydrogen) atoms. The molecule has 0 amide bonds. The third-order valence-electron chi connectivity index (χ3n) is 2.51. The van der Waals surface area contributed by atoms with Gasteiger partial charge in [-0.3, -0.25) is 4.72 Å². The molecule has 2 rings (SSSR count). The molecule has 0 unspecified atom stereocenters. The predicted octanol–water partition coefficient (Wildman–Crippen LogP) is 1.29. The molecule has 0 aliphatic carbocycles. The average molecular weight is 273 g/mol. The highest BCUT2D eigenvalue weighted by Gasteiger charge is 2.13. The highest BCUT2D eigenvalue weighted by atomic mass is 32.2. The number of anilines is 1. The van der Waals surface area contributed by atoms with Crippen molar-refractivity contribution >= 4 is 29.0 Å². The van der Waals surface area contributed by atoms with Crippen molar-refractivity contribution < 1.29 is 13.2 Å². The Bertz CT molecular complexity index is 669. The number of sulfonamides is 1. The lowest BCUT2D eigenvalue weighted by molar-refractivity contribution is 0.415. The zero-order valence-electron chi connectivity index (χ0n) is 10.3. The van der Waals surface area contributed by atoms with Crippen LogP contribution >= 0.6 is 0 Å². The normalized spacial score (nSPS) is 11.0. The summed E-state index contributed by atoms with van der Waals surface area (Å²) < 4.78 is 31.7. The van der Waals surface area contributed by atoms with Crippen molar-refractivity contribution in [2.75, 3.05) is 11.8 Å². The summed E-state index contributed by atoms with van der Waals surface area (Å²) in [5.41, 5.74) is 0.862. The molecule has 0 atom stereocenters. The van der Waals surface area contributed by atoms with E-state index in [1.807, 2.05) is 0 Å². The Labute approximate surface area is 113 Å². The van der Waals surface area contributed by atoms with Crippen molar-refractivity contribution in [2.24, 2.45) is 0 Å². The van der Waals surface area contributed by atoms with Crippen LogP contribution in [0.5, 0.6) is 5.75 Å². The molecule has 0 aliphatic heterocycles. The molecule has 2 aromatic carbocycles. The van der Waals surface area contributed by atoms with E-state index in [0.717, 1.165) is 0 Å². The van der Waals surface area contributed by atoms with Crippen LogP contribution in [0.15, 0.2) is 53.4 Å². The van der Waals surface area contributed by atoms with Gasteiger partial charge in [0.1, 0.15) is 13.6 Å². The lowest BCUT2D eigenvalue weighted by atomic mass is 9.97. The molecule has 0 heterocycles. The topological polar surface area (TPSA) is 55.4 Å². The maximum absolute atomic E-state index is 12.1. The van der Waals surface area contributed by atoms with E-state index in [2.05, 4.69) is 4.72 Å². The molecule has 2 aromatic rings. The van der Waals surface area contributed by atoms with Gasteiger partial charge >= 0.3 is 0 Å². The Hall–Kier alpha value is -1.95. The maximum atomic E-state index is 12.1. The summed E-state index contributed by atoms with van der Waals surface area (Å²) in [6.45, 7) is 0. The summed E-state index contributed by atoms with van der Waals surface area (Å²) >= 11 is 0. The molecule has 0 aliphatic rings. The third-order valence-corrected chi connectivity index (χ3v) is 3.89. The van der Waals surface area contributed by atoms with Crippen LogP contribution < -0.4 is 14.9 Å². The van der Waals surface area contributed by atoms with E-state index in [1.54, 1.807) is 43.5 Å². The second kappa shape index (κ2) is 5.36. The van der Waals surface area contributed by atoms with Crippen molar-refractivity contribution in [2.45, 2.75) is 4.90 Å². The average Bonchev–Trinajstić information content (AvgIpc) is 2.39. The zero-order chi connectivity index (χ0) is 13.9. The minimum Gasteiger partial charge on any atom is -0.497 e. The van der Waals surface area contributed by atoms with Gasteiger partial charge in [-0.05, 0) is 36.4 Å². The van der Waals surface area contributed by atoms with Gasteiger partial charge in [-0.25, -0.2) is 8.42 Å². The summed E-state index contributed by atoms with van der Waals surface area (Å²) in [5.74, 6) is 0.659. The number of rotatable bonds is 4. The Balaban J connectivity index is 2.25. The number of ether oxygens (including phenoxy) is 1. The van der Waals surface area contributed by atoms with Crippen molar-refractivity contribution in [1.29, 1.82) is 0 Å². The van der Waals surface area contributed by atoms with E-state index in [1.165, 1.54) is 12.1 Å². The minimum atomic E-state index is -3.63. The molecule has 0 bridgehead atoms. The summed E-state index contributed by atoms with van der Waals surface area (Å²) in [6, 6.07) is 12.7. The van der Waals surface area contributed by atoms with E-state index < -0.39 is 10.0 Å². The van der Waals surface area contributed by atoms with Crippen LogP contribution in [0.4, 0.5) is 5.69 Å². The second-order valence-electron chi connectivity index (χ2n) is 3.91. The van der Waals surface area contributed by atoms with Gasteiger partial charge in [0, 0.05) is 5.69 Å². The molecule has 0 saturated heterocycles. The zero-order valence-corrected chi connectivity index (χ0v) is 11.1. The fraction of sp³-hybridized carbons (Fsp3) is 0.0769. The van der Waals surface area contributed by atoms with Crippen molar-refractivity contribution in [1.82, 2.24) is 0 Å². The first-order chi connectivity index (χ1) is 9.01. The quantitative estimate of drug-likeness (QED) is 0.854. The molecule has 1 N–H and O–H groups in total. The van der Waals surface area contributed by atoms with Crippen LogP contribution in [0.25, 0.3) is 0 Å². The van der Waals surface area contributed by atoms with Gasteiger partial charge < -0.3 is 4.74 Å². The molecule has 96 valence electrons. The smallest absolute Gasteiger partial charge is 0.261 e. The van der Waals surface area contributed by atoms with Crippen LogP contribution in [-0.2, 0) is 10.0 Å². The summed E-state index contributed by atoms with van der Waals surface area (Å²) in [4.78, 5) is 0.128. The number of nitrogens with one attached hydrogen (secondary N) is 1. The van der Waals surface area contributed by atoms with Crippen LogP contribution in [-0.4, -0.2) is 23.4 Å².